The van der Waals surface area contributed by atoms with E-state index in [9.17, 15) is 0 Å². The van der Waals surface area contributed by atoms with Gasteiger partial charge in [0.15, 0.2) is 0 Å². The molecule has 0 saturated heterocycles. The molecule has 0 fully saturated rings. The normalized spacial score (nSPS) is 5.86. The van der Waals surface area contributed by atoms with Crippen LogP contribution in [0.1, 0.15) is 0 Å². The molecule has 0 aromatic heterocycles. The summed E-state index contributed by atoms with van der Waals surface area (Å²) in [5.74, 6) is 0. The van der Waals surface area contributed by atoms with Crippen LogP contribution in [0.3, 0.4) is 0 Å². The van der Waals surface area contributed by atoms with Crippen LogP contribution in [0.25, 0.3) is 0 Å². The van der Waals surface area contributed by atoms with E-state index in [4.69, 9.17) is 6.42 Å². The zero-order valence-electron chi connectivity index (χ0n) is 7.61. The van der Waals surface area contributed by atoms with Crippen LogP contribution < -0.4 is 0 Å². The van der Waals surface area contributed by atoms with E-state index in [-0.39, 0.29) is 57.5 Å². The van der Waals surface area contributed by atoms with Gasteiger partial charge >= 0.3 is 0 Å². The summed E-state index contributed by atoms with van der Waals surface area (Å²) in [5, 5.41) is 0. The van der Waals surface area contributed by atoms with Gasteiger partial charge in [0.25, 0.3) is 0 Å². The average Bonchev–Trinajstić information content (AvgIpc) is 2.87. The Morgan fingerprint density at radius 2 is 0.929 bits per heavy atom. The molecular formula is C12H11FeSm-3. The molecule has 0 N–H and O–H groups in total. The molecule has 0 bridgehead atoms. The van der Waals surface area contributed by atoms with Gasteiger partial charge in [-0.05, 0) is 0 Å². The minimum absolute atomic E-state index is 0. The monoisotopic (exact) mass is 363 g/mol. The predicted molar refractivity (Wildman–Crippen MR) is 52.3 cm³/mol. The molecule has 2 aromatic rings. The van der Waals surface area contributed by atoms with Crippen LogP contribution in [0.2, 0.25) is 0 Å². The molecule has 0 atom stereocenters. The summed E-state index contributed by atoms with van der Waals surface area (Å²) in [6.07, 6.45) is 9.00. The summed E-state index contributed by atoms with van der Waals surface area (Å²) in [6, 6.07) is 20.0. The summed E-state index contributed by atoms with van der Waals surface area (Å²) in [7, 11) is 0. The van der Waals surface area contributed by atoms with Gasteiger partial charge in [-0.15, -0.1) is 0 Å². The number of rotatable bonds is 0. The molecule has 0 saturated carbocycles. The summed E-state index contributed by atoms with van der Waals surface area (Å²) >= 11 is 0. The van der Waals surface area contributed by atoms with E-state index < -0.39 is 0 Å². The summed E-state index contributed by atoms with van der Waals surface area (Å²) in [6.45, 7) is 0. The van der Waals surface area contributed by atoms with Crippen molar-refractivity contribution in [2.75, 3.05) is 0 Å². The summed E-state index contributed by atoms with van der Waals surface area (Å²) < 4.78 is 0. The van der Waals surface area contributed by atoms with Gasteiger partial charge < -0.3 is 12.8 Å². The van der Waals surface area contributed by atoms with Gasteiger partial charge in [0.1, 0.15) is 0 Å². The zero-order chi connectivity index (χ0) is 9.07. The second-order valence-corrected chi connectivity index (χ2v) is 1.92. The van der Waals surface area contributed by atoms with Crippen molar-refractivity contribution in [3.63, 3.8) is 0 Å². The first-order chi connectivity index (χ1) is 6.00. The Morgan fingerprint density at radius 3 is 1.00 bits per heavy atom. The molecule has 0 unspecified atom stereocenters. The maximum absolute atomic E-state index is 5.25. The Labute approximate surface area is 129 Å². The fourth-order valence-corrected chi connectivity index (χ4v) is 0.642. The van der Waals surface area contributed by atoms with Gasteiger partial charge in [-0.2, -0.15) is 36.4 Å². The maximum atomic E-state index is 5.25. The molecule has 0 heterocycles. The fraction of sp³-hybridized carbons (Fsp3) is 0. The van der Waals surface area contributed by atoms with Crippen LogP contribution in [0.15, 0.2) is 60.7 Å². The van der Waals surface area contributed by atoms with Crippen molar-refractivity contribution in [2.45, 2.75) is 0 Å². The predicted octanol–water partition coefficient (Wildman–Crippen LogP) is 3.01. The molecule has 14 heavy (non-hydrogen) atoms. The van der Waals surface area contributed by atoms with Gasteiger partial charge in [0.05, 0.1) is 0 Å². The topological polar surface area (TPSA) is 0 Å². The molecular weight excluding hydrogens is 350 g/mol. The van der Waals surface area contributed by atoms with Gasteiger partial charge in [-0.3, -0.25) is 0 Å². The Hall–Kier alpha value is 0.117. The van der Waals surface area contributed by atoms with Crippen molar-refractivity contribution in [3.8, 4) is 6.42 Å². The standard InChI is InChI=1S/2C5H5.C2H.Fe.Sm/c2*1-2-4-5-3-1;1-2;;/h2*1-5H;1H;;/q3*-1;;. The second-order valence-electron chi connectivity index (χ2n) is 1.92. The molecule has 0 radical (unpaired) electrons. The van der Waals surface area contributed by atoms with Crippen molar-refractivity contribution in [1.82, 2.24) is 0 Å². The second kappa shape index (κ2) is 18.8. The van der Waals surface area contributed by atoms with E-state index in [1.54, 1.807) is 0 Å². The van der Waals surface area contributed by atoms with Gasteiger partial charge in [-0.1, -0.05) is 0 Å². The first kappa shape index (κ1) is 19.7. The van der Waals surface area contributed by atoms with Crippen LogP contribution in [0, 0.1) is 53.2 Å². The van der Waals surface area contributed by atoms with Crippen molar-refractivity contribution in [1.29, 1.82) is 0 Å². The van der Waals surface area contributed by atoms with E-state index in [1.165, 1.54) is 0 Å². The third-order valence-electron chi connectivity index (χ3n) is 1.11. The first-order valence-electron chi connectivity index (χ1n) is 3.62. The number of terminal acetylenes is 1. The van der Waals surface area contributed by atoms with Crippen LogP contribution in [-0.2, 0) is 17.1 Å². The van der Waals surface area contributed by atoms with Crippen LogP contribution >= 0.6 is 0 Å². The SMILES string of the molecule is [C-]#C.[Fe].[Sm].c1cc[cH-]c1.c1cc[cH-]c1. The molecule has 76 valence electrons. The minimum atomic E-state index is 0. The summed E-state index contributed by atoms with van der Waals surface area (Å²) in [4.78, 5) is 0. The number of hydrogen-bond donors (Lipinski definition) is 0. The molecule has 0 aliphatic heterocycles. The van der Waals surface area contributed by atoms with E-state index in [2.05, 4.69) is 6.42 Å². The van der Waals surface area contributed by atoms with E-state index in [1.807, 2.05) is 60.7 Å². The maximum Gasteiger partial charge on any atom is 0 e. The Bertz CT molecular complexity index is 182. The average molecular weight is 361 g/mol. The van der Waals surface area contributed by atoms with Crippen LogP contribution in [-0.4, -0.2) is 0 Å². The van der Waals surface area contributed by atoms with Crippen LogP contribution in [0.4, 0.5) is 0 Å². The van der Waals surface area contributed by atoms with Gasteiger partial charge in [0, 0.05) is 57.5 Å². The molecule has 0 aliphatic rings. The van der Waals surface area contributed by atoms with Gasteiger partial charge in [-0.25, -0.2) is 24.3 Å². The summed E-state index contributed by atoms with van der Waals surface area (Å²) in [5.41, 5.74) is 0. The third kappa shape index (κ3) is 14.6. The third-order valence-corrected chi connectivity index (χ3v) is 1.11. The van der Waals surface area contributed by atoms with Crippen molar-refractivity contribution >= 4 is 0 Å². The Morgan fingerprint density at radius 1 is 0.714 bits per heavy atom. The molecule has 0 aliphatic carbocycles. The largest absolute Gasteiger partial charge is 0.697 e. The Balaban J connectivity index is -0.000000131. The fourth-order valence-electron chi connectivity index (χ4n) is 0.642. The molecule has 2 heteroatoms. The Kier molecular flexibility index (Phi) is 26.4. The van der Waals surface area contributed by atoms with Crippen molar-refractivity contribution < 1.29 is 57.5 Å². The first-order valence-corrected chi connectivity index (χ1v) is 3.62. The molecule has 0 spiro atoms. The van der Waals surface area contributed by atoms with E-state index >= 15 is 0 Å². The van der Waals surface area contributed by atoms with Gasteiger partial charge in [0.2, 0.25) is 0 Å². The quantitative estimate of drug-likeness (QED) is 0.384. The molecule has 0 amide bonds. The van der Waals surface area contributed by atoms with Crippen molar-refractivity contribution in [2.24, 2.45) is 0 Å². The van der Waals surface area contributed by atoms with E-state index in [0.29, 0.717) is 0 Å². The smallest absolute Gasteiger partial charge is 0 e. The van der Waals surface area contributed by atoms with E-state index in [0.717, 1.165) is 0 Å². The number of hydrogen-bond acceptors (Lipinski definition) is 0. The molecule has 0 nitrogen and oxygen atoms in total. The minimum Gasteiger partial charge on any atom is -0.697 e. The van der Waals surface area contributed by atoms with Crippen LogP contribution in [0.5, 0.6) is 0 Å². The molecule has 2 rings (SSSR count). The molecule has 2 aromatic carbocycles. The zero-order valence-corrected chi connectivity index (χ0v) is 11.3. The van der Waals surface area contributed by atoms with Crippen molar-refractivity contribution in [3.05, 3.63) is 67.1 Å².